The van der Waals surface area contributed by atoms with Crippen LogP contribution in [0.3, 0.4) is 0 Å². The number of aliphatic imine (C=N–C) groups is 1. The predicted octanol–water partition coefficient (Wildman–Crippen LogP) is 1.99. The van der Waals surface area contributed by atoms with Crippen LogP contribution in [-0.4, -0.2) is 88.2 Å². The van der Waals surface area contributed by atoms with Crippen molar-refractivity contribution < 1.29 is 9.53 Å². The number of carbonyl (C=O) groups is 1. The van der Waals surface area contributed by atoms with Gasteiger partial charge in [0, 0.05) is 57.4 Å². The van der Waals surface area contributed by atoms with Crippen LogP contribution in [0.1, 0.15) is 25.7 Å². The van der Waals surface area contributed by atoms with Crippen LogP contribution in [-0.2, 0) is 4.79 Å². The molecule has 2 fully saturated rings. The molecule has 2 saturated heterocycles. The van der Waals surface area contributed by atoms with E-state index in [1.807, 2.05) is 19.2 Å². The maximum atomic E-state index is 11.3. The first-order valence-electron chi connectivity index (χ1n) is 11.5. The molecule has 0 radical (unpaired) electrons. The Kier molecular flexibility index (Phi) is 11.4. The molecule has 0 saturated carbocycles. The standard InChI is InChI=1S/C23H38N6O2.HI/c1-25-23(26-10-3-4-11-27-12-8-19(9-13-27)22(24)30)29-16-14-28(15-17-29)20-6-5-7-21(18-20)31-2;/h5-7,18-19H,3-4,8-17H2,1-2H3,(H2,24,30)(H,25,26);1H. The van der Waals surface area contributed by atoms with Crippen molar-refractivity contribution in [1.29, 1.82) is 0 Å². The number of anilines is 1. The minimum atomic E-state index is -0.139. The lowest BCUT2D eigenvalue weighted by atomic mass is 9.96. The van der Waals surface area contributed by atoms with Gasteiger partial charge >= 0.3 is 0 Å². The first kappa shape index (κ1) is 26.5. The highest BCUT2D eigenvalue weighted by Gasteiger charge is 2.23. The van der Waals surface area contributed by atoms with Crippen molar-refractivity contribution in [3.63, 3.8) is 0 Å². The van der Waals surface area contributed by atoms with E-state index in [4.69, 9.17) is 10.5 Å². The summed E-state index contributed by atoms with van der Waals surface area (Å²) in [5, 5.41) is 3.53. The maximum Gasteiger partial charge on any atom is 0.220 e. The molecule has 1 aromatic carbocycles. The third-order valence-electron chi connectivity index (χ3n) is 6.38. The van der Waals surface area contributed by atoms with E-state index >= 15 is 0 Å². The summed E-state index contributed by atoms with van der Waals surface area (Å²) in [5.74, 6) is 1.83. The molecule has 1 aromatic rings. The first-order valence-corrected chi connectivity index (χ1v) is 11.5. The number of hydrogen-bond donors (Lipinski definition) is 2. The second-order valence-electron chi connectivity index (χ2n) is 8.37. The number of ether oxygens (including phenoxy) is 1. The Morgan fingerprint density at radius 3 is 2.50 bits per heavy atom. The Balaban J connectivity index is 0.00000363. The minimum absolute atomic E-state index is 0. The summed E-state index contributed by atoms with van der Waals surface area (Å²) in [6.07, 6.45) is 4.07. The number of guanidine groups is 1. The van der Waals surface area contributed by atoms with Gasteiger partial charge in [0.05, 0.1) is 7.11 Å². The van der Waals surface area contributed by atoms with Crippen LogP contribution in [0.4, 0.5) is 5.69 Å². The number of benzene rings is 1. The second-order valence-corrected chi connectivity index (χ2v) is 8.37. The van der Waals surface area contributed by atoms with Gasteiger partial charge in [-0.1, -0.05) is 6.07 Å². The molecule has 8 nitrogen and oxygen atoms in total. The highest BCUT2D eigenvalue weighted by atomic mass is 127. The van der Waals surface area contributed by atoms with E-state index in [-0.39, 0.29) is 35.8 Å². The van der Waals surface area contributed by atoms with Crippen LogP contribution in [0.5, 0.6) is 5.75 Å². The van der Waals surface area contributed by atoms with E-state index in [1.54, 1.807) is 7.11 Å². The SMILES string of the molecule is CN=C(NCCCCN1CCC(C(N)=O)CC1)N1CCN(c2cccc(OC)c2)CC1.I. The zero-order valence-corrected chi connectivity index (χ0v) is 21.8. The van der Waals surface area contributed by atoms with E-state index < -0.39 is 0 Å². The molecule has 180 valence electrons. The van der Waals surface area contributed by atoms with Crippen LogP contribution in [0.15, 0.2) is 29.3 Å². The van der Waals surface area contributed by atoms with Crippen LogP contribution in [0, 0.1) is 5.92 Å². The number of amides is 1. The number of likely N-dealkylation sites (tertiary alicyclic amines) is 1. The smallest absolute Gasteiger partial charge is 0.220 e. The highest BCUT2D eigenvalue weighted by molar-refractivity contribution is 14.0. The van der Waals surface area contributed by atoms with Gasteiger partial charge in [0.1, 0.15) is 5.75 Å². The summed E-state index contributed by atoms with van der Waals surface area (Å²) >= 11 is 0. The lowest BCUT2D eigenvalue weighted by molar-refractivity contribution is -0.123. The fourth-order valence-corrected chi connectivity index (χ4v) is 4.42. The Labute approximate surface area is 209 Å². The van der Waals surface area contributed by atoms with Crippen molar-refractivity contribution in [2.24, 2.45) is 16.6 Å². The molecule has 2 aliphatic heterocycles. The monoisotopic (exact) mass is 558 g/mol. The Bertz CT molecular complexity index is 731. The molecule has 2 aliphatic rings. The summed E-state index contributed by atoms with van der Waals surface area (Å²) in [6, 6.07) is 8.26. The Morgan fingerprint density at radius 2 is 1.88 bits per heavy atom. The van der Waals surface area contributed by atoms with Gasteiger partial charge in [0.15, 0.2) is 5.96 Å². The number of piperidine rings is 1. The van der Waals surface area contributed by atoms with Crippen LogP contribution in [0.25, 0.3) is 0 Å². The van der Waals surface area contributed by atoms with Crippen molar-refractivity contribution >= 4 is 41.5 Å². The number of halogens is 1. The number of unbranched alkanes of at least 4 members (excludes halogenated alkanes) is 1. The molecule has 0 atom stereocenters. The number of nitrogens with two attached hydrogens (primary N) is 1. The van der Waals surface area contributed by atoms with Gasteiger partial charge in [-0.25, -0.2) is 0 Å². The molecule has 0 spiro atoms. The average Bonchev–Trinajstić information content (AvgIpc) is 2.82. The molecule has 3 N–H and O–H groups in total. The number of nitrogens with one attached hydrogen (secondary N) is 1. The largest absolute Gasteiger partial charge is 0.497 e. The molecule has 9 heteroatoms. The number of hydrogen-bond acceptors (Lipinski definition) is 5. The molecule has 2 heterocycles. The fraction of sp³-hybridized carbons (Fsp3) is 0.652. The molecule has 0 bridgehead atoms. The predicted molar refractivity (Wildman–Crippen MR) is 141 cm³/mol. The Hall–Kier alpha value is -1.75. The minimum Gasteiger partial charge on any atom is -0.497 e. The van der Waals surface area contributed by atoms with Crippen LogP contribution >= 0.6 is 24.0 Å². The summed E-state index contributed by atoms with van der Waals surface area (Å²) in [5.41, 5.74) is 6.63. The van der Waals surface area contributed by atoms with Gasteiger partial charge in [-0.2, -0.15) is 0 Å². The van der Waals surface area contributed by atoms with Gasteiger partial charge < -0.3 is 30.5 Å². The second kappa shape index (κ2) is 13.7. The quantitative estimate of drug-likeness (QED) is 0.220. The van der Waals surface area contributed by atoms with Gasteiger partial charge in [-0.3, -0.25) is 9.79 Å². The molecular formula is C23H39IN6O2. The van der Waals surface area contributed by atoms with Gasteiger partial charge in [-0.05, 0) is 57.5 Å². The summed E-state index contributed by atoms with van der Waals surface area (Å²) < 4.78 is 5.35. The topological polar surface area (TPSA) is 86.4 Å². The molecular weight excluding hydrogens is 519 g/mol. The molecule has 3 rings (SSSR count). The average molecular weight is 559 g/mol. The zero-order valence-electron chi connectivity index (χ0n) is 19.5. The van der Waals surface area contributed by atoms with Crippen molar-refractivity contribution in [2.75, 3.05) is 71.4 Å². The lowest BCUT2D eigenvalue weighted by Crippen LogP contribution is -2.52. The number of methoxy groups -OCH3 is 1. The van der Waals surface area contributed by atoms with E-state index in [9.17, 15) is 4.79 Å². The summed E-state index contributed by atoms with van der Waals surface area (Å²) in [6.45, 7) is 7.83. The third kappa shape index (κ3) is 7.68. The fourth-order valence-electron chi connectivity index (χ4n) is 4.42. The van der Waals surface area contributed by atoms with E-state index in [0.29, 0.717) is 0 Å². The van der Waals surface area contributed by atoms with Gasteiger partial charge in [0.25, 0.3) is 0 Å². The number of rotatable bonds is 8. The normalized spacial score (nSPS) is 18.2. The number of piperazine rings is 1. The first-order chi connectivity index (χ1) is 15.1. The molecule has 0 unspecified atom stereocenters. The number of nitrogens with zero attached hydrogens (tertiary/aromatic N) is 4. The Morgan fingerprint density at radius 1 is 1.16 bits per heavy atom. The highest BCUT2D eigenvalue weighted by Crippen LogP contribution is 2.22. The van der Waals surface area contributed by atoms with Crippen LogP contribution in [0.2, 0.25) is 0 Å². The summed E-state index contributed by atoms with van der Waals surface area (Å²) in [4.78, 5) is 22.9. The van der Waals surface area contributed by atoms with Crippen LogP contribution < -0.4 is 20.7 Å². The van der Waals surface area contributed by atoms with E-state index in [1.165, 1.54) is 5.69 Å². The molecule has 0 aliphatic carbocycles. The maximum absolute atomic E-state index is 11.3. The third-order valence-corrected chi connectivity index (χ3v) is 6.38. The van der Waals surface area contributed by atoms with Crippen molar-refractivity contribution in [3.8, 4) is 5.75 Å². The van der Waals surface area contributed by atoms with Gasteiger partial charge in [0.2, 0.25) is 5.91 Å². The van der Waals surface area contributed by atoms with Crippen molar-refractivity contribution in [3.05, 3.63) is 24.3 Å². The van der Waals surface area contributed by atoms with Crippen molar-refractivity contribution in [2.45, 2.75) is 25.7 Å². The molecule has 0 aromatic heterocycles. The lowest BCUT2D eigenvalue weighted by Gasteiger charge is -2.37. The van der Waals surface area contributed by atoms with E-state index in [0.717, 1.165) is 89.8 Å². The number of carbonyl (C=O) groups excluding carboxylic acids is 1. The van der Waals surface area contributed by atoms with Gasteiger partial charge in [-0.15, -0.1) is 24.0 Å². The molecule has 32 heavy (non-hydrogen) atoms. The molecule has 1 amide bonds. The van der Waals surface area contributed by atoms with Crippen molar-refractivity contribution in [1.82, 2.24) is 15.1 Å². The van der Waals surface area contributed by atoms with E-state index in [2.05, 4.69) is 37.1 Å². The summed E-state index contributed by atoms with van der Waals surface area (Å²) in [7, 11) is 3.57. The zero-order chi connectivity index (χ0) is 22.1. The number of primary amides is 1.